The number of amides is 1. The summed E-state index contributed by atoms with van der Waals surface area (Å²) in [4.78, 5) is 16.2. The number of carbonyl (C=O) groups is 1. The Morgan fingerprint density at radius 3 is 2.81 bits per heavy atom. The average molecular weight is 287 g/mol. The molecule has 5 nitrogen and oxygen atoms in total. The number of oxazole rings is 1. The van der Waals surface area contributed by atoms with Crippen molar-refractivity contribution >= 4 is 11.6 Å². The molecule has 5 heteroatoms. The van der Waals surface area contributed by atoms with Crippen LogP contribution in [-0.4, -0.2) is 16.9 Å². The van der Waals surface area contributed by atoms with E-state index >= 15 is 0 Å². The van der Waals surface area contributed by atoms with Crippen LogP contribution in [0.5, 0.6) is 0 Å². The summed E-state index contributed by atoms with van der Waals surface area (Å²) in [5.74, 6) is 1.33. The van der Waals surface area contributed by atoms with E-state index in [2.05, 4.69) is 10.3 Å². The lowest BCUT2D eigenvalue weighted by atomic mass is 10.1. The van der Waals surface area contributed by atoms with Gasteiger partial charge in [0.15, 0.2) is 0 Å². The third-order valence-electron chi connectivity index (χ3n) is 3.25. The quantitative estimate of drug-likeness (QED) is 0.885. The van der Waals surface area contributed by atoms with Gasteiger partial charge in [0.1, 0.15) is 5.76 Å². The first-order valence-electron chi connectivity index (χ1n) is 7.05. The third-order valence-corrected chi connectivity index (χ3v) is 3.25. The molecule has 0 fully saturated rings. The zero-order valence-electron chi connectivity index (χ0n) is 12.6. The fourth-order valence-corrected chi connectivity index (χ4v) is 1.91. The Morgan fingerprint density at radius 1 is 1.43 bits per heavy atom. The van der Waals surface area contributed by atoms with Crippen molar-refractivity contribution in [3.8, 4) is 11.5 Å². The SMILES string of the molecule is Cc1nc(-c2cccc(NC(=O)CCC(C)N)c2)oc1C. The van der Waals surface area contributed by atoms with Gasteiger partial charge in [-0.25, -0.2) is 4.98 Å². The van der Waals surface area contributed by atoms with Crippen molar-refractivity contribution in [3.63, 3.8) is 0 Å². The standard InChI is InChI=1S/C16H21N3O2/c1-10(17)7-8-15(20)19-14-6-4-5-13(9-14)16-18-11(2)12(3)21-16/h4-6,9-10H,7-8,17H2,1-3H3,(H,19,20). The minimum absolute atomic E-state index is 0.0281. The van der Waals surface area contributed by atoms with Crippen LogP contribution in [0, 0.1) is 13.8 Å². The van der Waals surface area contributed by atoms with E-state index in [0.717, 1.165) is 22.7 Å². The predicted molar refractivity (Wildman–Crippen MR) is 82.9 cm³/mol. The van der Waals surface area contributed by atoms with Crippen LogP contribution in [0.15, 0.2) is 28.7 Å². The van der Waals surface area contributed by atoms with Gasteiger partial charge in [0.05, 0.1) is 5.69 Å². The number of hydrogen-bond acceptors (Lipinski definition) is 4. The Kier molecular flexibility index (Phi) is 4.75. The fraction of sp³-hybridized carbons (Fsp3) is 0.375. The molecule has 2 aromatic rings. The minimum Gasteiger partial charge on any atom is -0.441 e. The molecule has 1 heterocycles. The number of aromatic nitrogens is 1. The molecule has 1 atom stereocenters. The molecule has 112 valence electrons. The molecule has 21 heavy (non-hydrogen) atoms. The van der Waals surface area contributed by atoms with Crippen molar-refractivity contribution in [1.82, 2.24) is 4.98 Å². The zero-order valence-corrected chi connectivity index (χ0v) is 12.6. The normalized spacial score (nSPS) is 12.2. The minimum atomic E-state index is -0.0378. The van der Waals surface area contributed by atoms with Gasteiger partial charge in [-0.05, 0) is 45.4 Å². The van der Waals surface area contributed by atoms with E-state index in [9.17, 15) is 4.79 Å². The van der Waals surface area contributed by atoms with Crippen molar-refractivity contribution in [1.29, 1.82) is 0 Å². The molecule has 1 unspecified atom stereocenters. The second-order valence-electron chi connectivity index (χ2n) is 5.31. The summed E-state index contributed by atoms with van der Waals surface area (Å²) in [6, 6.07) is 7.50. The number of nitrogens with one attached hydrogen (secondary N) is 1. The van der Waals surface area contributed by atoms with Crippen LogP contribution in [0.2, 0.25) is 0 Å². The number of nitrogens with zero attached hydrogens (tertiary/aromatic N) is 1. The highest BCUT2D eigenvalue weighted by Gasteiger charge is 2.10. The summed E-state index contributed by atoms with van der Waals surface area (Å²) < 4.78 is 5.60. The summed E-state index contributed by atoms with van der Waals surface area (Å²) in [6.45, 7) is 5.68. The Hall–Kier alpha value is -2.14. The molecule has 0 radical (unpaired) electrons. The first-order chi connectivity index (χ1) is 9.95. The molecule has 0 saturated carbocycles. The van der Waals surface area contributed by atoms with Gasteiger partial charge >= 0.3 is 0 Å². The van der Waals surface area contributed by atoms with Crippen molar-refractivity contribution < 1.29 is 9.21 Å². The van der Waals surface area contributed by atoms with Gasteiger partial charge in [0.25, 0.3) is 0 Å². The molecule has 3 N–H and O–H groups in total. The van der Waals surface area contributed by atoms with E-state index < -0.39 is 0 Å². The van der Waals surface area contributed by atoms with Crippen LogP contribution >= 0.6 is 0 Å². The van der Waals surface area contributed by atoms with Gasteiger partial charge in [-0.15, -0.1) is 0 Å². The van der Waals surface area contributed by atoms with Crippen LogP contribution in [0.3, 0.4) is 0 Å². The van der Waals surface area contributed by atoms with Crippen molar-refractivity contribution in [2.24, 2.45) is 5.73 Å². The van der Waals surface area contributed by atoms with Gasteiger partial charge in [-0.3, -0.25) is 4.79 Å². The number of hydrogen-bond donors (Lipinski definition) is 2. The Bertz CT molecular complexity index is 613. The van der Waals surface area contributed by atoms with Crippen molar-refractivity contribution in [3.05, 3.63) is 35.7 Å². The predicted octanol–water partition coefficient (Wildman–Crippen LogP) is 3.02. The maximum atomic E-state index is 11.8. The molecule has 0 bridgehead atoms. The van der Waals surface area contributed by atoms with E-state index in [1.54, 1.807) is 0 Å². The molecular weight excluding hydrogens is 266 g/mol. The first kappa shape index (κ1) is 15.3. The van der Waals surface area contributed by atoms with Crippen LogP contribution in [0.25, 0.3) is 11.5 Å². The average Bonchev–Trinajstić information content (AvgIpc) is 2.77. The Labute approximate surface area is 124 Å². The van der Waals surface area contributed by atoms with Gasteiger partial charge in [-0.1, -0.05) is 6.07 Å². The molecule has 0 aliphatic carbocycles. The highest BCUT2D eigenvalue weighted by molar-refractivity contribution is 5.91. The molecular formula is C16H21N3O2. The summed E-state index contributed by atoms with van der Waals surface area (Å²) >= 11 is 0. The Morgan fingerprint density at radius 2 is 2.19 bits per heavy atom. The zero-order chi connectivity index (χ0) is 15.4. The molecule has 0 saturated heterocycles. The van der Waals surface area contributed by atoms with Crippen LogP contribution < -0.4 is 11.1 Å². The van der Waals surface area contributed by atoms with E-state index in [-0.39, 0.29) is 11.9 Å². The highest BCUT2D eigenvalue weighted by atomic mass is 16.4. The van der Waals surface area contributed by atoms with Gasteiger partial charge < -0.3 is 15.5 Å². The maximum Gasteiger partial charge on any atom is 0.226 e. The summed E-state index contributed by atoms with van der Waals surface area (Å²) in [6.07, 6.45) is 1.09. The number of benzene rings is 1. The fourth-order valence-electron chi connectivity index (χ4n) is 1.91. The lowest BCUT2D eigenvalue weighted by Gasteiger charge is -2.07. The largest absolute Gasteiger partial charge is 0.441 e. The molecule has 1 aromatic heterocycles. The lowest BCUT2D eigenvalue weighted by molar-refractivity contribution is -0.116. The second-order valence-corrected chi connectivity index (χ2v) is 5.31. The summed E-state index contributed by atoms with van der Waals surface area (Å²) in [5.41, 5.74) is 8.10. The summed E-state index contributed by atoms with van der Waals surface area (Å²) in [5, 5.41) is 2.86. The number of anilines is 1. The Balaban J connectivity index is 2.09. The van der Waals surface area contributed by atoms with Gasteiger partial charge in [-0.2, -0.15) is 0 Å². The van der Waals surface area contributed by atoms with Gasteiger partial charge in [0, 0.05) is 23.7 Å². The van der Waals surface area contributed by atoms with E-state index in [4.69, 9.17) is 10.2 Å². The molecule has 0 aliphatic rings. The molecule has 1 aromatic carbocycles. The number of rotatable bonds is 5. The van der Waals surface area contributed by atoms with E-state index in [1.165, 1.54) is 0 Å². The lowest BCUT2D eigenvalue weighted by Crippen LogP contribution is -2.19. The number of aryl methyl sites for hydroxylation is 2. The van der Waals surface area contributed by atoms with Gasteiger partial charge in [0.2, 0.25) is 11.8 Å². The van der Waals surface area contributed by atoms with E-state index in [0.29, 0.717) is 18.7 Å². The molecule has 1 amide bonds. The first-order valence-corrected chi connectivity index (χ1v) is 7.05. The monoisotopic (exact) mass is 287 g/mol. The smallest absolute Gasteiger partial charge is 0.226 e. The molecule has 0 spiro atoms. The van der Waals surface area contributed by atoms with Crippen molar-refractivity contribution in [2.75, 3.05) is 5.32 Å². The summed E-state index contributed by atoms with van der Waals surface area (Å²) in [7, 11) is 0. The number of nitrogens with two attached hydrogens (primary N) is 1. The maximum absolute atomic E-state index is 11.8. The van der Waals surface area contributed by atoms with Crippen molar-refractivity contribution in [2.45, 2.75) is 39.7 Å². The molecule has 2 rings (SSSR count). The van der Waals surface area contributed by atoms with Crippen LogP contribution in [-0.2, 0) is 4.79 Å². The topological polar surface area (TPSA) is 81.2 Å². The van der Waals surface area contributed by atoms with Crippen LogP contribution in [0.1, 0.15) is 31.2 Å². The third kappa shape index (κ3) is 4.16. The highest BCUT2D eigenvalue weighted by Crippen LogP contribution is 2.24. The van der Waals surface area contributed by atoms with E-state index in [1.807, 2.05) is 45.0 Å². The second kappa shape index (κ2) is 6.54. The number of carbonyl (C=O) groups excluding carboxylic acids is 1. The van der Waals surface area contributed by atoms with Crippen LogP contribution in [0.4, 0.5) is 5.69 Å². The molecule has 0 aliphatic heterocycles.